The van der Waals surface area contributed by atoms with Crippen LogP contribution in [-0.4, -0.2) is 18.2 Å². The topological polar surface area (TPSA) is 63.5 Å². The van der Waals surface area contributed by atoms with Crippen molar-refractivity contribution in [2.24, 2.45) is 5.92 Å². The predicted molar refractivity (Wildman–Crippen MR) is 98.6 cm³/mol. The summed E-state index contributed by atoms with van der Waals surface area (Å²) in [4.78, 5) is 13.5. The molecule has 0 aliphatic heterocycles. The van der Waals surface area contributed by atoms with Crippen LogP contribution in [0.3, 0.4) is 0 Å². The van der Waals surface area contributed by atoms with Crippen molar-refractivity contribution < 1.29 is 13.9 Å². The van der Waals surface area contributed by atoms with Gasteiger partial charge in [0.25, 0.3) is 0 Å². The zero-order valence-electron chi connectivity index (χ0n) is 13.7. The van der Waals surface area contributed by atoms with E-state index in [4.69, 9.17) is 21.4 Å². The van der Waals surface area contributed by atoms with Crippen LogP contribution in [0.2, 0.25) is 0 Å². The molecule has 3 rings (SSSR count). The first-order valence-electron chi connectivity index (χ1n) is 7.88. The predicted octanol–water partition coefficient (Wildman–Crippen LogP) is 3.74. The van der Waals surface area contributed by atoms with Crippen LogP contribution >= 0.6 is 23.6 Å². The zero-order valence-corrected chi connectivity index (χ0v) is 15.3. The van der Waals surface area contributed by atoms with Crippen LogP contribution in [0.1, 0.15) is 39.9 Å². The number of nitrogens with one attached hydrogen (secondary N) is 2. The van der Waals surface area contributed by atoms with E-state index in [0.717, 1.165) is 35.6 Å². The van der Waals surface area contributed by atoms with E-state index in [2.05, 4.69) is 17.6 Å². The van der Waals surface area contributed by atoms with Crippen molar-refractivity contribution in [3.8, 4) is 0 Å². The number of anilines is 1. The number of methoxy groups -OCH3 is 1. The Morgan fingerprint density at radius 2 is 2.38 bits per heavy atom. The molecular formula is C17H20N2O3S2. The fraction of sp³-hybridized carbons (Fsp3) is 0.412. The molecule has 2 N–H and O–H groups in total. The minimum absolute atomic E-state index is 0.307. The van der Waals surface area contributed by atoms with Gasteiger partial charge in [-0.05, 0) is 55.1 Å². The van der Waals surface area contributed by atoms with Crippen LogP contribution in [0, 0.1) is 5.92 Å². The number of esters is 1. The van der Waals surface area contributed by atoms with E-state index in [1.54, 1.807) is 17.6 Å². The third kappa shape index (κ3) is 3.62. The Morgan fingerprint density at radius 1 is 1.54 bits per heavy atom. The average Bonchev–Trinajstić information content (AvgIpc) is 3.19. The molecule has 0 saturated heterocycles. The van der Waals surface area contributed by atoms with Crippen LogP contribution in [0.5, 0.6) is 0 Å². The third-order valence-corrected chi connectivity index (χ3v) is 5.55. The number of rotatable bonds is 4. The van der Waals surface area contributed by atoms with Gasteiger partial charge in [-0.3, -0.25) is 0 Å². The van der Waals surface area contributed by atoms with Gasteiger partial charge in [-0.1, -0.05) is 6.92 Å². The lowest BCUT2D eigenvalue weighted by Gasteiger charge is -2.18. The number of hydrogen-bond acceptors (Lipinski definition) is 5. The van der Waals surface area contributed by atoms with Gasteiger partial charge in [-0.2, -0.15) is 0 Å². The van der Waals surface area contributed by atoms with E-state index in [-0.39, 0.29) is 5.97 Å². The van der Waals surface area contributed by atoms with Crippen molar-refractivity contribution in [3.05, 3.63) is 40.2 Å². The first kappa shape index (κ1) is 17.0. The van der Waals surface area contributed by atoms with E-state index in [1.807, 2.05) is 12.1 Å². The molecule has 2 aromatic heterocycles. The molecule has 24 heavy (non-hydrogen) atoms. The largest absolute Gasteiger partial charge is 0.467 e. The lowest BCUT2D eigenvalue weighted by atomic mass is 9.88. The Kier molecular flexibility index (Phi) is 5.20. The monoisotopic (exact) mass is 364 g/mol. The summed E-state index contributed by atoms with van der Waals surface area (Å²) < 4.78 is 10.2. The zero-order chi connectivity index (χ0) is 17.1. The molecule has 128 valence electrons. The molecule has 5 nitrogen and oxygen atoms in total. The summed E-state index contributed by atoms with van der Waals surface area (Å²) in [5.74, 6) is 1.13. The van der Waals surface area contributed by atoms with E-state index >= 15 is 0 Å². The number of carbonyl (C=O) groups is 1. The highest BCUT2D eigenvalue weighted by atomic mass is 32.1. The van der Waals surface area contributed by atoms with Gasteiger partial charge < -0.3 is 19.8 Å². The number of furan rings is 1. The lowest BCUT2D eigenvalue weighted by molar-refractivity contribution is 0.0601. The minimum atomic E-state index is -0.307. The molecule has 0 aromatic carbocycles. The quantitative estimate of drug-likeness (QED) is 0.636. The maximum atomic E-state index is 12.2. The van der Waals surface area contributed by atoms with Crippen molar-refractivity contribution in [2.75, 3.05) is 12.4 Å². The van der Waals surface area contributed by atoms with E-state index in [9.17, 15) is 4.79 Å². The molecule has 1 aliphatic rings. The summed E-state index contributed by atoms with van der Waals surface area (Å²) in [6.07, 6.45) is 4.62. The molecule has 0 spiro atoms. The third-order valence-electron chi connectivity index (χ3n) is 4.13. The summed E-state index contributed by atoms with van der Waals surface area (Å²) >= 11 is 6.94. The van der Waals surface area contributed by atoms with E-state index in [0.29, 0.717) is 23.1 Å². The molecule has 0 fully saturated rings. The van der Waals surface area contributed by atoms with E-state index in [1.165, 1.54) is 12.0 Å². The average molecular weight is 364 g/mol. The Bertz CT molecular complexity index is 737. The van der Waals surface area contributed by atoms with Crippen molar-refractivity contribution >= 4 is 39.6 Å². The normalized spacial score (nSPS) is 16.3. The molecule has 0 saturated carbocycles. The molecule has 2 aromatic rings. The summed E-state index contributed by atoms with van der Waals surface area (Å²) in [5.41, 5.74) is 1.74. The van der Waals surface area contributed by atoms with Crippen LogP contribution in [0.4, 0.5) is 5.00 Å². The molecule has 0 amide bonds. The highest BCUT2D eigenvalue weighted by molar-refractivity contribution is 7.80. The second-order valence-electron chi connectivity index (χ2n) is 5.93. The van der Waals surface area contributed by atoms with Crippen molar-refractivity contribution in [3.63, 3.8) is 0 Å². The van der Waals surface area contributed by atoms with Gasteiger partial charge >= 0.3 is 5.97 Å². The van der Waals surface area contributed by atoms with Gasteiger partial charge in [0.1, 0.15) is 10.8 Å². The standard InChI is InChI=1S/C17H20N2O3S2/c1-10-5-6-12-13(8-10)24-15(14(12)16(20)21-2)19-17(23)18-9-11-4-3-7-22-11/h3-4,7,10H,5-6,8-9H2,1-2H3,(H2,18,19,23)/t10-/m1/s1. The number of carbonyl (C=O) groups excluding carboxylic acids is 1. The number of thiocarbonyl (C=S) groups is 1. The molecule has 0 unspecified atom stereocenters. The van der Waals surface area contributed by atoms with Gasteiger partial charge in [-0.15, -0.1) is 11.3 Å². The Hall–Kier alpha value is -1.86. The summed E-state index contributed by atoms with van der Waals surface area (Å²) in [6.45, 7) is 2.73. The highest BCUT2D eigenvalue weighted by Crippen LogP contribution is 2.39. The highest BCUT2D eigenvalue weighted by Gasteiger charge is 2.28. The fourth-order valence-electron chi connectivity index (χ4n) is 2.88. The molecular weight excluding hydrogens is 344 g/mol. The first-order chi connectivity index (χ1) is 11.6. The van der Waals surface area contributed by atoms with Gasteiger partial charge in [0, 0.05) is 4.88 Å². The number of hydrogen-bond donors (Lipinski definition) is 2. The molecule has 1 aliphatic carbocycles. The van der Waals surface area contributed by atoms with E-state index < -0.39 is 0 Å². The van der Waals surface area contributed by atoms with Gasteiger partial charge in [0.2, 0.25) is 0 Å². The number of ether oxygens (including phenoxy) is 1. The SMILES string of the molecule is COC(=O)c1c(NC(=S)NCc2ccco2)sc2c1CC[C@@H](C)C2. The Balaban J connectivity index is 1.76. The van der Waals surface area contributed by atoms with Crippen LogP contribution < -0.4 is 10.6 Å². The van der Waals surface area contributed by atoms with Crippen LogP contribution in [0.15, 0.2) is 22.8 Å². The Labute approximate surface area is 150 Å². The van der Waals surface area contributed by atoms with Gasteiger partial charge in [0.05, 0.1) is 25.5 Å². The maximum Gasteiger partial charge on any atom is 0.341 e. The number of thiophene rings is 1. The second kappa shape index (κ2) is 7.36. The molecule has 2 heterocycles. The minimum Gasteiger partial charge on any atom is -0.467 e. The van der Waals surface area contributed by atoms with Gasteiger partial charge in [-0.25, -0.2) is 4.79 Å². The molecule has 1 atom stereocenters. The van der Waals surface area contributed by atoms with Crippen molar-refractivity contribution in [2.45, 2.75) is 32.7 Å². The lowest BCUT2D eigenvalue weighted by Crippen LogP contribution is -2.28. The maximum absolute atomic E-state index is 12.2. The molecule has 0 radical (unpaired) electrons. The van der Waals surface area contributed by atoms with Crippen molar-refractivity contribution in [1.82, 2.24) is 5.32 Å². The summed E-state index contributed by atoms with van der Waals surface area (Å²) in [5, 5.41) is 7.47. The first-order valence-corrected chi connectivity index (χ1v) is 9.11. The van der Waals surface area contributed by atoms with Gasteiger partial charge in [0.15, 0.2) is 5.11 Å². The molecule has 7 heteroatoms. The Morgan fingerprint density at radius 3 is 3.08 bits per heavy atom. The fourth-order valence-corrected chi connectivity index (χ4v) is 4.53. The summed E-state index contributed by atoms with van der Waals surface area (Å²) in [6, 6.07) is 3.71. The second-order valence-corrected chi connectivity index (χ2v) is 7.45. The molecule has 0 bridgehead atoms. The van der Waals surface area contributed by atoms with Crippen LogP contribution in [-0.2, 0) is 24.1 Å². The number of fused-ring (bicyclic) bond motifs is 1. The summed E-state index contributed by atoms with van der Waals surface area (Å²) in [7, 11) is 1.41. The van der Waals surface area contributed by atoms with Crippen LogP contribution in [0.25, 0.3) is 0 Å². The van der Waals surface area contributed by atoms with Crippen molar-refractivity contribution in [1.29, 1.82) is 0 Å². The smallest absolute Gasteiger partial charge is 0.341 e.